The molecule has 0 aromatic heterocycles. The molecular formula is C14H9Cl2NO3. The summed E-state index contributed by atoms with van der Waals surface area (Å²) < 4.78 is 0. The molecule has 0 saturated carbocycles. The number of hydrogen-bond donors (Lipinski definition) is 0. The molecule has 0 amide bonds. The predicted octanol–water partition coefficient (Wildman–Crippen LogP) is 4.44. The SMILES string of the molecule is Cc1ccc(C(=O)c2cc(Cl)cc([N+](=O)[O-])c2Cl)cc1. The third-order valence-electron chi connectivity index (χ3n) is 2.77. The van der Waals surface area contributed by atoms with E-state index >= 15 is 0 Å². The van der Waals surface area contributed by atoms with Gasteiger partial charge in [-0.2, -0.15) is 0 Å². The van der Waals surface area contributed by atoms with E-state index in [1.807, 2.05) is 6.92 Å². The summed E-state index contributed by atoms with van der Waals surface area (Å²) in [6.07, 6.45) is 0. The zero-order chi connectivity index (χ0) is 14.9. The van der Waals surface area contributed by atoms with Crippen LogP contribution >= 0.6 is 23.2 Å². The first-order chi connectivity index (χ1) is 9.40. The fourth-order valence-electron chi connectivity index (χ4n) is 1.73. The maximum atomic E-state index is 12.3. The Morgan fingerprint density at radius 3 is 2.30 bits per heavy atom. The van der Waals surface area contributed by atoms with Gasteiger partial charge in [0.25, 0.3) is 5.69 Å². The van der Waals surface area contributed by atoms with Crippen molar-refractivity contribution in [1.82, 2.24) is 0 Å². The van der Waals surface area contributed by atoms with Crippen molar-refractivity contribution < 1.29 is 9.72 Å². The fourth-order valence-corrected chi connectivity index (χ4v) is 2.21. The van der Waals surface area contributed by atoms with E-state index in [1.165, 1.54) is 6.07 Å². The van der Waals surface area contributed by atoms with Crippen LogP contribution in [0.25, 0.3) is 0 Å². The van der Waals surface area contributed by atoms with Crippen LogP contribution in [0.1, 0.15) is 21.5 Å². The van der Waals surface area contributed by atoms with Crippen molar-refractivity contribution in [1.29, 1.82) is 0 Å². The maximum Gasteiger partial charge on any atom is 0.290 e. The minimum absolute atomic E-state index is 0.0229. The molecule has 0 saturated heterocycles. The smallest absolute Gasteiger partial charge is 0.289 e. The van der Waals surface area contributed by atoms with Crippen molar-refractivity contribution in [2.24, 2.45) is 0 Å². The second kappa shape index (κ2) is 5.61. The van der Waals surface area contributed by atoms with Gasteiger partial charge in [0.1, 0.15) is 5.02 Å². The van der Waals surface area contributed by atoms with Crippen molar-refractivity contribution in [2.45, 2.75) is 6.92 Å². The molecule has 0 spiro atoms. The molecule has 0 heterocycles. The van der Waals surface area contributed by atoms with Crippen LogP contribution in [0.2, 0.25) is 10.0 Å². The van der Waals surface area contributed by atoms with Crippen LogP contribution in [0, 0.1) is 17.0 Å². The standard InChI is InChI=1S/C14H9Cl2NO3/c1-8-2-4-9(5-3-8)14(18)11-6-10(15)7-12(13(11)16)17(19)20/h2-7H,1H3. The summed E-state index contributed by atoms with van der Waals surface area (Å²) in [6.45, 7) is 1.89. The lowest BCUT2D eigenvalue weighted by Crippen LogP contribution is -2.04. The highest BCUT2D eigenvalue weighted by Crippen LogP contribution is 2.33. The van der Waals surface area contributed by atoms with E-state index < -0.39 is 10.7 Å². The van der Waals surface area contributed by atoms with Gasteiger partial charge in [-0.15, -0.1) is 0 Å². The summed E-state index contributed by atoms with van der Waals surface area (Å²) in [6, 6.07) is 9.29. The van der Waals surface area contributed by atoms with Gasteiger partial charge in [0, 0.05) is 22.2 Å². The largest absolute Gasteiger partial charge is 0.290 e. The van der Waals surface area contributed by atoms with Gasteiger partial charge in [-0.25, -0.2) is 0 Å². The van der Waals surface area contributed by atoms with Crippen molar-refractivity contribution in [3.63, 3.8) is 0 Å². The van der Waals surface area contributed by atoms with Crippen LogP contribution in [-0.2, 0) is 0 Å². The summed E-state index contributed by atoms with van der Waals surface area (Å²) >= 11 is 11.7. The van der Waals surface area contributed by atoms with Crippen molar-refractivity contribution in [2.75, 3.05) is 0 Å². The molecule has 0 atom stereocenters. The van der Waals surface area contributed by atoms with Crippen LogP contribution in [0.5, 0.6) is 0 Å². The summed E-state index contributed by atoms with van der Waals surface area (Å²) in [4.78, 5) is 22.6. The predicted molar refractivity (Wildman–Crippen MR) is 77.7 cm³/mol. The fraction of sp³-hybridized carbons (Fsp3) is 0.0714. The van der Waals surface area contributed by atoms with Crippen molar-refractivity contribution in [3.05, 3.63) is 73.2 Å². The Bertz CT molecular complexity index is 696. The molecule has 0 aliphatic rings. The Balaban J connectivity index is 2.55. The minimum Gasteiger partial charge on any atom is -0.289 e. The Hall–Kier alpha value is -1.91. The molecule has 20 heavy (non-hydrogen) atoms. The molecule has 0 aliphatic heterocycles. The number of halogens is 2. The monoisotopic (exact) mass is 309 g/mol. The molecule has 0 fully saturated rings. The Labute approximate surface area is 125 Å². The lowest BCUT2D eigenvalue weighted by Gasteiger charge is -2.06. The molecule has 2 aromatic carbocycles. The zero-order valence-corrected chi connectivity index (χ0v) is 11.9. The average Bonchev–Trinajstić information content (AvgIpc) is 2.41. The molecule has 0 radical (unpaired) electrons. The van der Waals surface area contributed by atoms with Crippen LogP contribution in [0.15, 0.2) is 36.4 Å². The summed E-state index contributed by atoms with van der Waals surface area (Å²) in [5, 5.41) is 10.8. The summed E-state index contributed by atoms with van der Waals surface area (Å²) in [5.41, 5.74) is 1.04. The molecule has 6 heteroatoms. The van der Waals surface area contributed by atoms with Gasteiger partial charge in [0.05, 0.1) is 4.92 Å². The second-order valence-electron chi connectivity index (χ2n) is 4.24. The van der Waals surface area contributed by atoms with Gasteiger partial charge in [-0.3, -0.25) is 14.9 Å². The van der Waals surface area contributed by atoms with E-state index in [4.69, 9.17) is 23.2 Å². The van der Waals surface area contributed by atoms with Gasteiger partial charge in [0.2, 0.25) is 0 Å². The van der Waals surface area contributed by atoms with Gasteiger partial charge in [0.15, 0.2) is 5.78 Å². The van der Waals surface area contributed by atoms with E-state index in [9.17, 15) is 14.9 Å². The first-order valence-electron chi connectivity index (χ1n) is 5.65. The van der Waals surface area contributed by atoms with Crippen molar-refractivity contribution in [3.8, 4) is 0 Å². The zero-order valence-electron chi connectivity index (χ0n) is 10.4. The molecule has 2 aromatic rings. The average molecular weight is 310 g/mol. The molecule has 0 bridgehead atoms. The van der Waals surface area contributed by atoms with Crippen LogP contribution in [0.4, 0.5) is 5.69 Å². The second-order valence-corrected chi connectivity index (χ2v) is 5.05. The highest BCUT2D eigenvalue weighted by Gasteiger charge is 2.22. The number of benzene rings is 2. The number of carbonyl (C=O) groups is 1. The summed E-state index contributed by atoms with van der Waals surface area (Å²) in [5.74, 6) is -0.402. The van der Waals surface area contributed by atoms with Crippen LogP contribution in [-0.4, -0.2) is 10.7 Å². The van der Waals surface area contributed by atoms with Crippen molar-refractivity contribution >= 4 is 34.7 Å². The van der Waals surface area contributed by atoms with E-state index in [0.29, 0.717) is 5.56 Å². The highest BCUT2D eigenvalue weighted by molar-refractivity contribution is 6.38. The molecule has 0 unspecified atom stereocenters. The minimum atomic E-state index is -0.667. The molecule has 0 aliphatic carbocycles. The van der Waals surface area contributed by atoms with Gasteiger partial charge < -0.3 is 0 Å². The van der Waals surface area contributed by atoms with E-state index in [2.05, 4.69) is 0 Å². The Morgan fingerprint density at radius 1 is 1.15 bits per heavy atom. The highest BCUT2D eigenvalue weighted by atomic mass is 35.5. The third kappa shape index (κ3) is 2.81. The first kappa shape index (κ1) is 14.5. The number of rotatable bonds is 3. The number of nitro groups is 1. The normalized spacial score (nSPS) is 10.3. The van der Waals surface area contributed by atoms with Crippen LogP contribution in [0.3, 0.4) is 0 Å². The number of hydrogen-bond acceptors (Lipinski definition) is 3. The Morgan fingerprint density at radius 2 is 1.75 bits per heavy atom. The molecule has 0 N–H and O–H groups in total. The molecular weight excluding hydrogens is 301 g/mol. The van der Waals surface area contributed by atoms with E-state index in [1.54, 1.807) is 24.3 Å². The third-order valence-corrected chi connectivity index (χ3v) is 3.39. The molecule has 102 valence electrons. The maximum absolute atomic E-state index is 12.3. The number of ketones is 1. The number of aryl methyl sites for hydroxylation is 1. The lowest BCUT2D eigenvalue weighted by atomic mass is 10.0. The van der Waals surface area contributed by atoms with Crippen LogP contribution < -0.4 is 0 Å². The first-order valence-corrected chi connectivity index (χ1v) is 6.40. The van der Waals surface area contributed by atoms with E-state index in [0.717, 1.165) is 11.6 Å². The number of nitro benzene ring substituents is 1. The number of nitrogens with zero attached hydrogens (tertiary/aromatic N) is 1. The van der Waals surface area contributed by atoms with E-state index in [-0.39, 0.29) is 21.3 Å². The lowest BCUT2D eigenvalue weighted by molar-refractivity contribution is -0.384. The topological polar surface area (TPSA) is 60.2 Å². The van der Waals surface area contributed by atoms with Gasteiger partial charge in [-0.1, -0.05) is 53.0 Å². The number of carbonyl (C=O) groups excluding carboxylic acids is 1. The van der Waals surface area contributed by atoms with Gasteiger partial charge in [-0.05, 0) is 13.0 Å². The molecule has 2 rings (SSSR count). The molecule has 4 nitrogen and oxygen atoms in total. The summed E-state index contributed by atoms with van der Waals surface area (Å²) in [7, 11) is 0. The van der Waals surface area contributed by atoms with Gasteiger partial charge >= 0.3 is 0 Å². The quantitative estimate of drug-likeness (QED) is 0.478. The Kier molecular flexibility index (Phi) is 4.06.